The minimum Gasteiger partial charge on any atom is -0.496 e. The van der Waals surface area contributed by atoms with Gasteiger partial charge in [0.25, 0.3) is 0 Å². The Morgan fingerprint density at radius 2 is 2.05 bits per heavy atom. The standard InChI is InChI=1S/C14H21N5O2/c1-20-10-5-3-4-9-19-14(16-17-18-19)13-11(15)7-6-8-12(13)21-2/h6-8H,3-5,9-10,15H2,1-2H3. The number of aryl methyl sites for hydroxylation is 1. The molecular weight excluding hydrogens is 270 g/mol. The molecule has 0 spiro atoms. The average molecular weight is 291 g/mol. The molecule has 0 saturated heterocycles. The van der Waals surface area contributed by atoms with E-state index in [1.807, 2.05) is 18.2 Å². The lowest BCUT2D eigenvalue weighted by Gasteiger charge is -2.11. The first kappa shape index (κ1) is 15.2. The number of nitrogen functional groups attached to an aromatic ring is 1. The summed E-state index contributed by atoms with van der Waals surface area (Å²) < 4.78 is 12.2. The summed E-state index contributed by atoms with van der Waals surface area (Å²) >= 11 is 0. The van der Waals surface area contributed by atoms with Crippen LogP contribution in [-0.2, 0) is 11.3 Å². The van der Waals surface area contributed by atoms with Crippen LogP contribution in [0.15, 0.2) is 18.2 Å². The lowest BCUT2D eigenvalue weighted by Crippen LogP contribution is -2.06. The summed E-state index contributed by atoms with van der Waals surface area (Å²) in [6.07, 6.45) is 3.08. The van der Waals surface area contributed by atoms with Crippen molar-refractivity contribution in [1.29, 1.82) is 0 Å². The van der Waals surface area contributed by atoms with Crippen molar-refractivity contribution < 1.29 is 9.47 Å². The Kier molecular flexibility index (Phi) is 5.51. The molecule has 0 aliphatic rings. The predicted molar refractivity (Wildman–Crippen MR) is 79.9 cm³/mol. The van der Waals surface area contributed by atoms with Gasteiger partial charge in [-0.25, -0.2) is 4.68 Å². The molecule has 2 rings (SSSR count). The molecule has 0 saturated carbocycles. The maximum absolute atomic E-state index is 6.05. The normalized spacial score (nSPS) is 10.8. The van der Waals surface area contributed by atoms with Crippen molar-refractivity contribution in [3.63, 3.8) is 0 Å². The van der Waals surface area contributed by atoms with Gasteiger partial charge in [-0.2, -0.15) is 0 Å². The van der Waals surface area contributed by atoms with Gasteiger partial charge in [0.2, 0.25) is 0 Å². The molecule has 1 aromatic heterocycles. The Hall–Kier alpha value is -2.15. The van der Waals surface area contributed by atoms with Crippen LogP contribution in [0.5, 0.6) is 5.75 Å². The van der Waals surface area contributed by atoms with Gasteiger partial charge in [0.15, 0.2) is 5.82 Å². The zero-order valence-corrected chi connectivity index (χ0v) is 12.5. The van der Waals surface area contributed by atoms with Gasteiger partial charge in [-0.05, 0) is 41.8 Å². The van der Waals surface area contributed by atoms with E-state index in [0.29, 0.717) is 17.3 Å². The van der Waals surface area contributed by atoms with Gasteiger partial charge in [0.1, 0.15) is 5.75 Å². The van der Waals surface area contributed by atoms with Crippen LogP contribution in [0, 0.1) is 0 Å². The van der Waals surface area contributed by atoms with Crippen LogP contribution in [0.3, 0.4) is 0 Å². The van der Waals surface area contributed by atoms with Gasteiger partial charge >= 0.3 is 0 Å². The smallest absolute Gasteiger partial charge is 0.187 e. The molecule has 2 aromatic rings. The van der Waals surface area contributed by atoms with E-state index in [1.54, 1.807) is 18.9 Å². The van der Waals surface area contributed by atoms with Crippen LogP contribution >= 0.6 is 0 Å². The van der Waals surface area contributed by atoms with Crippen LogP contribution in [0.25, 0.3) is 11.4 Å². The van der Waals surface area contributed by atoms with E-state index in [-0.39, 0.29) is 0 Å². The molecule has 0 amide bonds. The first-order valence-electron chi connectivity index (χ1n) is 6.96. The minimum absolute atomic E-state index is 0.602. The molecule has 7 nitrogen and oxygen atoms in total. The van der Waals surface area contributed by atoms with Crippen molar-refractivity contribution >= 4 is 5.69 Å². The largest absolute Gasteiger partial charge is 0.496 e. The highest BCUT2D eigenvalue weighted by Crippen LogP contribution is 2.33. The average Bonchev–Trinajstić information content (AvgIpc) is 2.94. The number of anilines is 1. The van der Waals surface area contributed by atoms with Crippen molar-refractivity contribution in [3.8, 4) is 17.1 Å². The number of hydrogen-bond donors (Lipinski definition) is 1. The number of nitrogens with zero attached hydrogens (tertiary/aromatic N) is 4. The SMILES string of the molecule is COCCCCCn1nnnc1-c1c(N)cccc1OC. The Morgan fingerprint density at radius 1 is 1.19 bits per heavy atom. The zero-order chi connectivity index (χ0) is 15.1. The number of hydrogen-bond acceptors (Lipinski definition) is 6. The molecule has 0 aliphatic carbocycles. The summed E-state index contributed by atoms with van der Waals surface area (Å²) in [5.41, 5.74) is 7.39. The van der Waals surface area contributed by atoms with E-state index in [1.165, 1.54) is 0 Å². The van der Waals surface area contributed by atoms with Crippen LogP contribution in [0.4, 0.5) is 5.69 Å². The summed E-state index contributed by atoms with van der Waals surface area (Å²) in [4.78, 5) is 0. The van der Waals surface area contributed by atoms with Gasteiger partial charge in [0, 0.05) is 25.9 Å². The number of nitrogens with two attached hydrogens (primary N) is 1. The predicted octanol–water partition coefficient (Wildman–Crippen LogP) is 1.75. The van der Waals surface area contributed by atoms with Gasteiger partial charge in [-0.1, -0.05) is 6.07 Å². The topological polar surface area (TPSA) is 88.1 Å². The first-order valence-corrected chi connectivity index (χ1v) is 6.96. The lowest BCUT2D eigenvalue weighted by atomic mass is 10.1. The summed E-state index contributed by atoms with van der Waals surface area (Å²) in [5.74, 6) is 1.31. The van der Waals surface area contributed by atoms with Crippen molar-refractivity contribution in [2.45, 2.75) is 25.8 Å². The number of methoxy groups -OCH3 is 2. The molecule has 0 unspecified atom stereocenters. The third kappa shape index (κ3) is 3.69. The van der Waals surface area contributed by atoms with E-state index in [9.17, 15) is 0 Å². The summed E-state index contributed by atoms with van der Waals surface area (Å²) in [6, 6.07) is 5.51. The minimum atomic E-state index is 0.602. The van der Waals surface area contributed by atoms with E-state index in [4.69, 9.17) is 15.2 Å². The van der Waals surface area contributed by atoms with Gasteiger partial charge in [-0.15, -0.1) is 5.10 Å². The highest BCUT2D eigenvalue weighted by atomic mass is 16.5. The van der Waals surface area contributed by atoms with E-state index < -0.39 is 0 Å². The molecular formula is C14H21N5O2. The van der Waals surface area contributed by atoms with Gasteiger partial charge in [-0.3, -0.25) is 0 Å². The molecule has 0 aliphatic heterocycles. The lowest BCUT2D eigenvalue weighted by molar-refractivity contribution is 0.191. The second-order valence-corrected chi connectivity index (χ2v) is 4.70. The number of aromatic nitrogens is 4. The molecule has 21 heavy (non-hydrogen) atoms. The highest BCUT2D eigenvalue weighted by molar-refractivity contribution is 5.77. The maximum atomic E-state index is 6.05. The molecule has 0 bridgehead atoms. The fourth-order valence-electron chi connectivity index (χ4n) is 2.18. The van der Waals surface area contributed by atoms with E-state index in [2.05, 4.69) is 15.5 Å². The maximum Gasteiger partial charge on any atom is 0.187 e. The first-order chi connectivity index (χ1) is 10.3. The van der Waals surface area contributed by atoms with Crippen LogP contribution in [-0.4, -0.2) is 41.0 Å². The molecule has 2 N–H and O–H groups in total. The van der Waals surface area contributed by atoms with Gasteiger partial charge in [0.05, 0.1) is 12.7 Å². The van der Waals surface area contributed by atoms with Crippen LogP contribution in [0.2, 0.25) is 0 Å². The second-order valence-electron chi connectivity index (χ2n) is 4.70. The Labute approximate surface area is 124 Å². The number of unbranched alkanes of at least 4 members (excludes halogenated alkanes) is 2. The summed E-state index contributed by atoms with van der Waals surface area (Å²) in [7, 11) is 3.32. The second kappa shape index (κ2) is 7.58. The molecule has 7 heteroatoms. The van der Waals surface area contributed by atoms with Crippen molar-refractivity contribution in [3.05, 3.63) is 18.2 Å². The fourth-order valence-corrected chi connectivity index (χ4v) is 2.18. The third-order valence-corrected chi connectivity index (χ3v) is 3.25. The van der Waals surface area contributed by atoms with Crippen LogP contribution in [0.1, 0.15) is 19.3 Å². The molecule has 0 atom stereocenters. The Morgan fingerprint density at radius 3 is 2.81 bits per heavy atom. The Balaban J connectivity index is 2.13. The van der Waals surface area contributed by atoms with Crippen molar-refractivity contribution in [2.75, 3.05) is 26.6 Å². The molecule has 1 aromatic carbocycles. The Bertz CT molecular complexity index is 570. The summed E-state index contributed by atoms with van der Waals surface area (Å²) in [5, 5.41) is 11.9. The zero-order valence-electron chi connectivity index (χ0n) is 12.5. The van der Waals surface area contributed by atoms with Crippen molar-refractivity contribution in [2.24, 2.45) is 0 Å². The number of benzene rings is 1. The quantitative estimate of drug-likeness (QED) is 0.589. The molecule has 114 valence electrons. The fraction of sp³-hybridized carbons (Fsp3) is 0.500. The van der Waals surface area contributed by atoms with E-state index in [0.717, 1.165) is 38.0 Å². The molecule has 0 fully saturated rings. The monoisotopic (exact) mass is 291 g/mol. The highest BCUT2D eigenvalue weighted by Gasteiger charge is 2.16. The number of ether oxygens (including phenoxy) is 2. The molecule has 0 radical (unpaired) electrons. The van der Waals surface area contributed by atoms with Crippen molar-refractivity contribution in [1.82, 2.24) is 20.2 Å². The number of tetrazole rings is 1. The van der Waals surface area contributed by atoms with E-state index >= 15 is 0 Å². The third-order valence-electron chi connectivity index (χ3n) is 3.25. The van der Waals surface area contributed by atoms with Gasteiger partial charge < -0.3 is 15.2 Å². The van der Waals surface area contributed by atoms with Crippen LogP contribution < -0.4 is 10.5 Å². The number of rotatable bonds is 8. The molecule has 1 heterocycles. The summed E-state index contributed by atoms with van der Waals surface area (Å²) in [6.45, 7) is 1.52.